The van der Waals surface area contributed by atoms with E-state index in [1.54, 1.807) is 42.5 Å². The number of carbonyl (C=O) groups is 2. The van der Waals surface area contributed by atoms with Gasteiger partial charge in [-0.05, 0) is 29.8 Å². The fraction of sp³-hybridized carbons (Fsp3) is 0.105. The fourth-order valence-electron chi connectivity index (χ4n) is 3.02. The van der Waals surface area contributed by atoms with Crippen molar-refractivity contribution in [1.82, 2.24) is 9.88 Å². The van der Waals surface area contributed by atoms with E-state index in [0.29, 0.717) is 21.6 Å². The summed E-state index contributed by atoms with van der Waals surface area (Å²) in [4.78, 5) is 37.5. The maximum Gasteiger partial charge on any atom is 0.257 e. The van der Waals surface area contributed by atoms with Crippen LogP contribution in [0, 0.1) is 0 Å². The molecule has 0 saturated heterocycles. The zero-order valence-electron chi connectivity index (χ0n) is 13.6. The average Bonchev–Trinajstić information content (AvgIpc) is 2.65. The summed E-state index contributed by atoms with van der Waals surface area (Å²) in [5.41, 5.74) is 1.60. The number of carbonyl (C=O) groups excluding carboxylic acids is 2. The van der Waals surface area contributed by atoms with Gasteiger partial charge >= 0.3 is 0 Å². The van der Waals surface area contributed by atoms with Gasteiger partial charge in [-0.3, -0.25) is 19.0 Å². The molecule has 1 aromatic heterocycles. The normalized spacial score (nSPS) is 12.7. The number of anilines is 1. The highest BCUT2D eigenvalue weighted by atomic mass is 35.5. The lowest BCUT2D eigenvalue weighted by Gasteiger charge is -2.20. The van der Waals surface area contributed by atoms with Gasteiger partial charge in [0.05, 0.1) is 17.7 Å². The van der Waals surface area contributed by atoms with Crippen LogP contribution in [0.3, 0.4) is 0 Å². The first-order chi connectivity index (χ1) is 12.5. The number of halogens is 1. The molecule has 0 saturated carbocycles. The molecule has 2 aromatic carbocycles. The zero-order valence-corrected chi connectivity index (χ0v) is 14.3. The minimum atomic E-state index is -0.521. The molecule has 7 heteroatoms. The van der Waals surface area contributed by atoms with Gasteiger partial charge in [0, 0.05) is 23.2 Å². The highest BCUT2D eigenvalue weighted by molar-refractivity contribution is 6.30. The van der Waals surface area contributed by atoms with Crippen molar-refractivity contribution in [2.24, 2.45) is 0 Å². The third-order valence-electron chi connectivity index (χ3n) is 4.33. The molecule has 1 amide bonds. The third kappa shape index (κ3) is 2.74. The van der Waals surface area contributed by atoms with E-state index >= 15 is 0 Å². The Morgan fingerprint density at radius 3 is 2.69 bits per heavy atom. The summed E-state index contributed by atoms with van der Waals surface area (Å²) in [6.45, 7) is 0.365. The van der Waals surface area contributed by atoms with Gasteiger partial charge in [0.25, 0.3) is 5.91 Å². The minimum Gasteiger partial charge on any atom is -0.374 e. The maximum absolute atomic E-state index is 12.7. The molecule has 0 aliphatic carbocycles. The number of nitrogens with one attached hydrogen (secondary N) is 2. The Kier molecular flexibility index (Phi) is 3.97. The van der Waals surface area contributed by atoms with E-state index in [1.165, 1.54) is 10.8 Å². The number of aromatic nitrogens is 1. The van der Waals surface area contributed by atoms with Crippen molar-refractivity contribution in [3.8, 4) is 0 Å². The largest absolute Gasteiger partial charge is 0.374 e. The lowest BCUT2D eigenvalue weighted by atomic mass is 10.1. The number of nitrogens with zero attached hydrogens (tertiary/aromatic N) is 1. The van der Waals surface area contributed by atoms with Crippen molar-refractivity contribution >= 4 is 40.0 Å². The average molecular weight is 368 g/mol. The molecule has 0 fully saturated rings. The van der Waals surface area contributed by atoms with Gasteiger partial charge in [-0.25, -0.2) is 0 Å². The van der Waals surface area contributed by atoms with Gasteiger partial charge in [0.15, 0.2) is 0 Å². The van der Waals surface area contributed by atoms with E-state index in [1.807, 2.05) is 0 Å². The standard InChI is InChI=1S/C19H14ClN3O3/c20-12-6-4-11(5-7-12)8-22-19(26)14-10-23-16(24)9-21-15-3-1-2-13(17(15)23)18(14)25/h1-7,10,21H,8-9H2,(H,22,26). The second-order valence-corrected chi connectivity index (χ2v) is 6.44. The lowest BCUT2D eigenvalue weighted by molar-refractivity contribution is 0.0929. The molecule has 26 heavy (non-hydrogen) atoms. The number of rotatable bonds is 3. The Bertz CT molecular complexity index is 1100. The third-order valence-corrected chi connectivity index (χ3v) is 4.59. The summed E-state index contributed by atoms with van der Waals surface area (Å²) >= 11 is 5.84. The van der Waals surface area contributed by atoms with Gasteiger partial charge in [-0.2, -0.15) is 0 Å². The van der Waals surface area contributed by atoms with Crippen LogP contribution in [-0.2, 0) is 6.54 Å². The van der Waals surface area contributed by atoms with Crippen LogP contribution in [0.4, 0.5) is 5.69 Å². The summed E-state index contributed by atoms with van der Waals surface area (Å²) < 4.78 is 1.37. The minimum absolute atomic E-state index is 0.0566. The van der Waals surface area contributed by atoms with Crippen molar-refractivity contribution in [2.75, 3.05) is 11.9 Å². The van der Waals surface area contributed by atoms with E-state index in [2.05, 4.69) is 10.6 Å². The van der Waals surface area contributed by atoms with Gasteiger partial charge in [0.2, 0.25) is 11.3 Å². The predicted molar refractivity (Wildman–Crippen MR) is 99.9 cm³/mol. The van der Waals surface area contributed by atoms with Crippen LogP contribution < -0.4 is 16.1 Å². The Morgan fingerprint density at radius 2 is 1.92 bits per heavy atom. The summed E-state index contributed by atoms with van der Waals surface area (Å²) in [5.74, 6) is -0.743. The summed E-state index contributed by atoms with van der Waals surface area (Å²) in [6.07, 6.45) is 1.33. The van der Waals surface area contributed by atoms with Crippen LogP contribution in [0.1, 0.15) is 20.7 Å². The molecule has 2 heterocycles. The van der Waals surface area contributed by atoms with Gasteiger partial charge in [-0.15, -0.1) is 0 Å². The highest BCUT2D eigenvalue weighted by Gasteiger charge is 2.22. The summed E-state index contributed by atoms with van der Waals surface area (Å²) in [5, 5.41) is 6.64. The molecule has 6 nitrogen and oxygen atoms in total. The molecular formula is C19H14ClN3O3. The SMILES string of the molecule is O=C(NCc1ccc(Cl)cc1)c1cn2c3c(cccc3c1=O)NCC2=O. The van der Waals surface area contributed by atoms with Gasteiger partial charge in [-0.1, -0.05) is 29.8 Å². The van der Waals surface area contributed by atoms with Crippen LogP contribution >= 0.6 is 11.6 Å². The number of pyridine rings is 1. The highest BCUT2D eigenvalue weighted by Crippen LogP contribution is 2.24. The lowest BCUT2D eigenvalue weighted by Crippen LogP contribution is -2.33. The Balaban J connectivity index is 1.71. The molecular weight excluding hydrogens is 354 g/mol. The van der Waals surface area contributed by atoms with E-state index in [4.69, 9.17) is 11.6 Å². The van der Waals surface area contributed by atoms with Gasteiger partial charge < -0.3 is 10.6 Å². The van der Waals surface area contributed by atoms with Crippen LogP contribution in [0.5, 0.6) is 0 Å². The van der Waals surface area contributed by atoms with Crippen molar-refractivity contribution in [3.05, 3.63) is 75.0 Å². The first-order valence-electron chi connectivity index (χ1n) is 8.03. The van der Waals surface area contributed by atoms with Crippen LogP contribution in [0.15, 0.2) is 53.5 Å². The Labute approximate surface area is 153 Å². The Hall–Kier alpha value is -3.12. The fourth-order valence-corrected chi connectivity index (χ4v) is 3.15. The number of benzene rings is 2. The number of amides is 1. The van der Waals surface area contributed by atoms with Crippen molar-refractivity contribution in [2.45, 2.75) is 6.54 Å². The smallest absolute Gasteiger partial charge is 0.257 e. The van der Waals surface area contributed by atoms with Crippen LogP contribution in [0.2, 0.25) is 5.02 Å². The first kappa shape index (κ1) is 16.4. The van der Waals surface area contributed by atoms with Crippen molar-refractivity contribution in [1.29, 1.82) is 0 Å². The van der Waals surface area contributed by atoms with E-state index in [-0.39, 0.29) is 24.6 Å². The number of para-hydroxylation sites is 1. The van der Waals surface area contributed by atoms with E-state index in [0.717, 1.165) is 5.56 Å². The van der Waals surface area contributed by atoms with Crippen LogP contribution in [-0.4, -0.2) is 22.9 Å². The molecule has 2 N–H and O–H groups in total. The maximum atomic E-state index is 12.7. The molecule has 3 aromatic rings. The van der Waals surface area contributed by atoms with Crippen LogP contribution in [0.25, 0.3) is 10.9 Å². The molecule has 4 rings (SSSR count). The molecule has 130 valence electrons. The molecule has 0 atom stereocenters. The predicted octanol–water partition coefficient (Wildman–Crippen LogP) is 2.65. The van der Waals surface area contributed by atoms with Crippen molar-refractivity contribution in [3.63, 3.8) is 0 Å². The summed E-state index contributed by atoms with van der Waals surface area (Å²) in [6, 6.07) is 12.2. The number of hydrogen-bond donors (Lipinski definition) is 2. The second-order valence-electron chi connectivity index (χ2n) is 6.00. The molecule has 0 radical (unpaired) electrons. The summed E-state index contributed by atoms with van der Waals surface area (Å²) in [7, 11) is 0. The molecule has 1 aliphatic heterocycles. The molecule has 0 unspecified atom stereocenters. The second kappa shape index (κ2) is 6.31. The molecule has 1 aliphatic rings. The molecule has 0 spiro atoms. The number of hydrogen-bond acceptors (Lipinski definition) is 4. The van der Waals surface area contributed by atoms with E-state index < -0.39 is 11.3 Å². The first-order valence-corrected chi connectivity index (χ1v) is 8.40. The monoisotopic (exact) mass is 367 g/mol. The molecule has 0 bridgehead atoms. The zero-order chi connectivity index (χ0) is 18.3. The van der Waals surface area contributed by atoms with Gasteiger partial charge in [0.1, 0.15) is 5.56 Å². The van der Waals surface area contributed by atoms with Crippen molar-refractivity contribution < 1.29 is 9.59 Å². The topological polar surface area (TPSA) is 80.2 Å². The quantitative estimate of drug-likeness (QED) is 0.745. The Morgan fingerprint density at radius 1 is 1.15 bits per heavy atom. The van der Waals surface area contributed by atoms with E-state index in [9.17, 15) is 14.4 Å².